The fourth-order valence-electron chi connectivity index (χ4n) is 1.16. The van der Waals surface area contributed by atoms with E-state index in [1.54, 1.807) is 11.8 Å². The summed E-state index contributed by atoms with van der Waals surface area (Å²) in [5.41, 5.74) is 6.71. The molecule has 0 saturated carbocycles. The van der Waals surface area contributed by atoms with Gasteiger partial charge in [0, 0.05) is 5.69 Å². The first-order valence-electron chi connectivity index (χ1n) is 3.74. The maximum absolute atomic E-state index is 5.83. The zero-order valence-corrected chi connectivity index (χ0v) is 10.8. The molecule has 1 aromatic carbocycles. The van der Waals surface area contributed by atoms with Crippen LogP contribution in [0.2, 0.25) is 0 Å². The first-order chi connectivity index (χ1) is 6.22. The van der Waals surface area contributed by atoms with Crippen molar-refractivity contribution in [3.63, 3.8) is 0 Å². The number of hydrogen-bond acceptors (Lipinski definition) is 3. The Labute approximate surface area is 98.8 Å². The van der Waals surface area contributed by atoms with Crippen LogP contribution in [0.4, 0.5) is 5.69 Å². The number of thiophene rings is 1. The third-order valence-electron chi connectivity index (χ3n) is 1.83. The minimum Gasteiger partial charge on any atom is -0.398 e. The van der Waals surface area contributed by atoms with Crippen molar-refractivity contribution in [3.8, 4) is 0 Å². The van der Waals surface area contributed by atoms with Gasteiger partial charge >= 0.3 is 0 Å². The highest BCUT2D eigenvalue weighted by molar-refractivity contribution is 14.1. The smallest absolute Gasteiger partial charge is 0.0608 e. The highest BCUT2D eigenvalue weighted by Gasteiger charge is 2.06. The largest absolute Gasteiger partial charge is 0.398 e. The lowest BCUT2D eigenvalue weighted by atomic mass is 10.2. The first kappa shape index (κ1) is 9.61. The molecule has 0 aliphatic rings. The summed E-state index contributed by atoms with van der Waals surface area (Å²) in [5, 5.41) is 1.30. The molecule has 0 aliphatic carbocycles. The van der Waals surface area contributed by atoms with Gasteiger partial charge < -0.3 is 5.73 Å². The lowest BCUT2D eigenvalue weighted by molar-refractivity contribution is 1.72. The van der Waals surface area contributed by atoms with Crippen molar-refractivity contribution in [3.05, 3.63) is 21.8 Å². The van der Waals surface area contributed by atoms with Crippen LogP contribution in [0.15, 0.2) is 22.4 Å². The van der Waals surface area contributed by atoms with Crippen LogP contribution in [0.5, 0.6) is 0 Å². The second kappa shape index (κ2) is 3.67. The summed E-state index contributed by atoms with van der Waals surface area (Å²) in [6.07, 6.45) is 2.10. The molecule has 2 rings (SSSR count). The standard InChI is InChI=1S/C9H8INS2/c1-12-7-4-5-2-3-6(11)8(10)9(5)13-7/h2-4H,11H2,1H3. The van der Waals surface area contributed by atoms with E-state index in [0.717, 1.165) is 5.69 Å². The number of nitrogen functional groups attached to an aromatic ring is 1. The van der Waals surface area contributed by atoms with E-state index < -0.39 is 0 Å². The molecule has 1 nitrogen and oxygen atoms in total. The molecule has 2 aromatic rings. The van der Waals surface area contributed by atoms with Crippen molar-refractivity contribution in [2.24, 2.45) is 0 Å². The van der Waals surface area contributed by atoms with Gasteiger partial charge in [-0.2, -0.15) is 0 Å². The molecule has 0 spiro atoms. The van der Waals surface area contributed by atoms with E-state index in [9.17, 15) is 0 Å². The van der Waals surface area contributed by atoms with Crippen LogP contribution in [0, 0.1) is 3.57 Å². The summed E-state index contributed by atoms with van der Waals surface area (Å²) in [7, 11) is 0. The van der Waals surface area contributed by atoms with Gasteiger partial charge in [-0.05, 0) is 46.4 Å². The van der Waals surface area contributed by atoms with Gasteiger partial charge in [-0.15, -0.1) is 23.1 Å². The van der Waals surface area contributed by atoms with Gasteiger partial charge in [-0.25, -0.2) is 0 Å². The molecule has 2 N–H and O–H groups in total. The summed E-state index contributed by atoms with van der Waals surface area (Å²) >= 11 is 5.91. The molecular formula is C9H8INS2. The highest BCUT2D eigenvalue weighted by atomic mass is 127. The number of fused-ring (bicyclic) bond motifs is 1. The predicted molar refractivity (Wildman–Crippen MR) is 70.7 cm³/mol. The fraction of sp³-hybridized carbons (Fsp3) is 0.111. The number of anilines is 1. The van der Waals surface area contributed by atoms with Crippen LogP contribution in [0.1, 0.15) is 0 Å². The zero-order valence-electron chi connectivity index (χ0n) is 7.00. The highest BCUT2D eigenvalue weighted by Crippen LogP contribution is 2.36. The lowest BCUT2D eigenvalue weighted by Gasteiger charge is -1.97. The van der Waals surface area contributed by atoms with Gasteiger partial charge in [-0.1, -0.05) is 6.07 Å². The Morgan fingerprint density at radius 2 is 2.23 bits per heavy atom. The summed E-state index contributed by atoms with van der Waals surface area (Å²) in [5.74, 6) is 0. The normalized spacial score (nSPS) is 10.9. The Balaban J connectivity index is 2.76. The Bertz CT molecular complexity index is 450. The van der Waals surface area contributed by atoms with Gasteiger partial charge in [0.05, 0.1) is 12.5 Å². The van der Waals surface area contributed by atoms with Crippen molar-refractivity contribution < 1.29 is 0 Å². The fourth-order valence-corrected chi connectivity index (χ4v) is 3.65. The van der Waals surface area contributed by atoms with Crippen molar-refractivity contribution in [1.29, 1.82) is 0 Å². The SMILES string of the molecule is CSc1cc2ccc(N)c(I)c2s1. The maximum atomic E-state index is 5.83. The third kappa shape index (κ3) is 1.67. The van der Waals surface area contributed by atoms with Crippen LogP contribution < -0.4 is 5.73 Å². The Morgan fingerprint density at radius 3 is 2.92 bits per heavy atom. The van der Waals surface area contributed by atoms with Crippen molar-refractivity contribution in [2.75, 3.05) is 12.0 Å². The first-order valence-corrected chi connectivity index (χ1v) is 6.86. The van der Waals surface area contributed by atoms with Crippen molar-refractivity contribution >= 4 is 61.5 Å². The van der Waals surface area contributed by atoms with Crippen LogP contribution in [0.25, 0.3) is 10.1 Å². The number of benzene rings is 1. The molecule has 0 unspecified atom stereocenters. The zero-order chi connectivity index (χ0) is 9.42. The van der Waals surface area contributed by atoms with E-state index in [2.05, 4.69) is 41.0 Å². The lowest BCUT2D eigenvalue weighted by Crippen LogP contribution is -1.87. The van der Waals surface area contributed by atoms with Gasteiger partial charge in [-0.3, -0.25) is 0 Å². The molecule has 1 heterocycles. The third-order valence-corrected chi connectivity index (χ3v) is 5.60. The van der Waals surface area contributed by atoms with E-state index >= 15 is 0 Å². The number of thioether (sulfide) groups is 1. The van der Waals surface area contributed by atoms with E-state index in [1.807, 2.05) is 17.4 Å². The molecule has 68 valence electrons. The molecule has 0 fully saturated rings. The predicted octanol–water partition coefficient (Wildman–Crippen LogP) is 3.81. The second-order valence-electron chi connectivity index (χ2n) is 2.66. The Morgan fingerprint density at radius 1 is 1.46 bits per heavy atom. The molecule has 0 radical (unpaired) electrons. The van der Waals surface area contributed by atoms with E-state index in [1.165, 1.54) is 17.9 Å². The number of nitrogens with two attached hydrogens (primary N) is 1. The minimum atomic E-state index is 0.877. The molecule has 0 amide bonds. The van der Waals surface area contributed by atoms with E-state index in [4.69, 9.17) is 5.73 Å². The monoisotopic (exact) mass is 321 g/mol. The quantitative estimate of drug-likeness (QED) is 0.491. The average molecular weight is 321 g/mol. The second-order valence-corrected chi connectivity index (χ2v) is 5.89. The molecule has 13 heavy (non-hydrogen) atoms. The summed E-state index contributed by atoms with van der Waals surface area (Å²) < 4.78 is 3.84. The van der Waals surface area contributed by atoms with E-state index in [0.29, 0.717) is 0 Å². The Hall–Kier alpha value is 0.0600. The molecule has 0 atom stereocenters. The van der Waals surface area contributed by atoms with Gasteiger partial charge in [0.25, 0.3) is 0 Å². The topological polar surface area (TPSA) is 26.0 Å². The van der Waals surface area contributed by atoms with Crippen molar-refractivity contribution in [2.45, 2.75) is 4.21 Å². The summed E-state index contributed by atoms with van der Waals surface area (Å²) in [6, 6.07) is 6.27. The number of hydrogen-bond donors (Lipinski definition) is 1. The number of rotatable bonds is 1. The minimum absolute atomic E-state index is 0.877. The molecule has 0 saturated heterocycles. The van der Waals surface area contributed by atoms with Crippen LogP contribution in [-0.2, 0) is 0 Å². The molecule has 4 heteroatoms. The van der Waals surface area contributed by atoms with Gasteiger partial charge in [0.1, 0.15) is 0 Å². The van der Waals surface area contributed by atoms with Gasteiger partial charge in [0.2, 0.25) is 0 Å². The maximum Gasteiger partial charge on any atom is 0.0608 e. The van der Waals surface area contributed by atoms with Gasteiger partial charge in [0.15, 0.2) is 0 Å². The summed E-state index contributed by atoms with van der Waals surface area (Å²) in [6.45, 7) is 0. The molecule has 1 aromatic heterocycles. The van der Waals surface area contributed by atoms with E-state index in [-0.39, 0.29) is 0 Å². The average Bonchev–Trinajstić information content (AvgIpc) is 2.55. The van der Waals surface area contributed by atoms with Crippen LogP contribution >= 0.6 is 45.7 Å². The van der Waals surface area contributed by atoms with Crippen LogP contribution in [-0.4, -0.2) is 6.26 Å². The Kier molecular flexibility index (Phi) is 2.71. The molecule has 0 bridgehead atoms. The number of halogens is 1. The van der Waals surface area contributed by atoms with Crippen molar-refractivity contribution in [1.82, 2.24) is 0 Å². The van der Waals surface area contributed by atoms with Crippen LogP contribution in [0.3, 0.4) is 0 Å². The summed E-state index contributed by atoms with van der Waals surface area (Å²) in [4.78, 5) is 0. The molecular weight excluding hydrogens is 313 g/mol. The molecule has 0 aliphatic heterocycles.